The highest BCUT2D eigenvalue weighted by Gasteiger charge is 2.19. The molecular formula is C55H106O6. The van der Waals surface area contributed by atoms with Gasteiger partial charge in [-0.05, 0) is 25.2 Å². The Kier molecular flexibility index (Phi) is 48.1. The van der Waals surface area contributed by atoms with Gasteiger partial charge in [0.2, 0.25) is 0 Å². The summed E-state index contributed by atoms with van der Waals surface area (Å²) in [5.41, 5.74) is 0. The highest BCUT2D eigenvalue weighted by molar-refractivity contribution is 5.71. The maximum absolute atomic E-state index is 12.8. The van der Waals surface area contributed by atoms with Gasteiger partial charge in [-0.2, -0.15) is 0 Å². The number of carbonyl (C=O) groups is 3. The summed E-state index contributed by atoms with van der Waals surface area (Å²) in [5.74, 6) is 0.000777. The Morgan fingerprint density at radius 1 is 0.311 bits per heavy atom. The molecule has 0 aromatic heterocycles. The molecule has 0 fully saturated rings. The Bertz CT molecular complexity index is 918. The summed E-state index contributed by atoms with van der Waals surface area (Å²) >= 11 is 0. The molecular weight excluding hydrogens is 757 g/mol. The third-order valence-electron chi connectivity index (χ3n) is 12.5. The van der Waals surface area contributed by atoms with E-state index in [9.17, 15) is 14.4 Å². The van der Waals surface area contributed by atoms with Gasteiger partial charge >= 0.3 is 17.9 Å². The Balaban J connectivity index is 4.30. The Morgan fingerprint density at radius 3 is 0.803 bits per heavy atom. The minimum atomic E-state index is -0.761. The summed E-state index contributed by atoms with van der Waals surface area (Å²) in [5, 5.41) is 0. The molecule has 0 aliphatic heterocycles. The molecule has 362 valence electrons. The maximum atomic E-state index is 12.8. The molecule has 0 aromatic carbocycles. The van der Waals surface area contributed by atoms with Gasteiger partial charge in [0.1, 0.15) is 13.2 Å². The largest absolute Gasteiger partial charge is 0.462 e. The molecule has 0 aliphatic carbocycles. The second-order valence-corrected chi connectivity index (χ2v) is 19.3. The van der Waals surface area contributed by atoms with E-state index < -0.39 is 6.10 Å². The number of rotatable bonds is 50. The fourth-order valence-electron chi connectivity index (χ4n) is 8.39. The zero-order valence-corrected chi connectivity index (χ0v) is 41.6. The van der Waals surface area contributed by atoms with Crippen LogP contribution in [0, 0.1) is 5.92 Å². The summed E-state index contributed by atoms with van der Waals surface area (Å²) in [6.45, 7) is 9.05. The topological polar surface area (TPSA) is 78.9 Å². The van der Waals surface area contributed by atoms with E-state index in [0.717, 1.165) is 63.7 Å². The van der Waals surface area contributed by atoms with Crippen molar-refractivity contribution in [2.45, 2.75) is 316 Å². The molecule has 0 unspecified atom stereocenters. The Labute approximate surface area is 380 Å². The van der Waals surface area contributed by atoms with E-state index >= 15 is 0 Å². The van der Waals surface area contributed by atoms with Gasteiger partial charge < -0.3 is 14.2 Å². The molecule has 6 heteroatoms. The third-order valence-corrected chi connectivity index (χ3v) is 12.5. The molecule has 0 radical (unpaired) electrons. The van der Waals surface area contributed by atoms with Crippen LogP contribution in [0.2, 0.25) is 0 Å². The van der Waals surface area contributed by atoms with Gasteiger partial charge in [-0.1, -0.05) is 272 Å². The van der Waals surface area contributed by atoms with Crippen molar-refractivity contribution in [1.82, 2.24) is 0 Å². The van der Waals surface area contributed by atoms with Crippen LogP contribution in [0.25, 0.3) is 0 Å². The Morgan fingerprint density at radius 2 is 0.541 bits per heavy atom. The maximum Gasteiger partial charge on any atom is 0.306 e. The van der Waals surface area contributed by atoms with Crippen LogP contribution in [-0.2, 0) is 28.6 Å². The normalized spacial score (nSPS) is 12.0. The van der Waals surface area contributed by atoms with E-state index in [1.165, 1.54) is 205 Å². The molecule has 0 saturated heterocycles. The van der Waals surface area contributed by atoms with Crippen molar-refractivity contribution in [2.24, 2.45) is 5.92 Å². The van der Waals surface area contributed by atoms with Gasteiger partial charge in [-0.3, -0.25) is 14.4 Å². The number of hydrogen-bond acceptors (Lipinski definition) is 6. The number of unbranched alkanes of at least 4 members (excludes halogenated alkanes) is 37. The monoisotopic (exact) mass is 863 g/mol. The summed E-state index contributed by atoms with van der Waals surface area (Å²) in [6, 6.07) is 0. The lowest BCUT2D eigenvalue weighted by Gasteiger charge is -2.18. The van der Waals surface area contributed by atoms with Crippen LogP contribution in [0.1, 0.15) is 310 Å². The van der Waals surface area contributed by atoms with Gasteiger partial charge in [-0.15, -0.1) is 0 Å². The first-order valence-corrected chi connectivity index (χ1v) is 27.4. The zero-order valence-electron chi connectivity index (χ0n) is 41.6. The number of carbonyl (C=O) groups excluding carboxylic acids is 3. The van der Waals surface area contributed by atoms with Crippen LogP contribution in [0.5, 0.6) is 0 Å². The summed E-state index contributed by atoms with van der Waals surface area (Å²) in [4.78, 5) is 38.0. The van der Waals surface area contributed by atoms with E-state index in [2.05, 4.69) is 27.7 Å². The molecule has 0 bridgehead atoms. The second kappa shape index (κ2) is 49.4. The third kappa shape index (κ3) is 49.3. The van der Waals surface area contributed by atoms with E-state index in [1.807, 2.05) is 0 Å². The molecule has 0 N–H and O–H groups in total. The quantitative estimate of drug-likeness (QED) is 0.0344. The minimum Gasteiger partial charge on any atom is -0.462 e. The van der Waals surface area contributed by atoms with Gasteiger partial charge in [0.25, 0.3) is 0 Å². The number of hydrogen-bond donors (Lipinski definition) is 0. The first kappa shape index (κ1) is 59.4. The average molecular weight is 863 g/mol. The highest BCUT2D eigenvalue weighted by Crippen LogP contribution is 2.17. The molecule has 0 aliphatic rings. The van der Waals surface area contributed by atoms with Crippen LogP contribution < -0.4 is 0 Å². The van der Waals surface area contributed by atoms with E-state index in [0.29, 0.717) is 19.3 Å². The molecule has 61 heavy (non-hydrogen) atoms. The van der Waals surface area contributed by atoms with Crippen molar-refractivity contribution < 1.29 is 28.6 Å². The van der Waals surface area contributed by atoms with Crippen LogP contribution in [-0.4, -0.2) is 37.2 Å². The van der Waals surface area contributed by atoms with Crippen molar-refractivity contribution in [3.8, 4) is 0 Å². The van der Waals surface area contributed by atoms with Crippen molar-refractivity contribution in [2.75, 3.05) is 13.2 Å². The zero-order chi connectivity index (χ0) is 44.5. The van der Waals surface area contributed by atoms with E-state index in [-0.39, 0.29) is 31.1 Å². The molecule has 0 rings (SSSR count). The highest BCUT2D eigenvalue weighted by atomic mass is 16.6. The number of ether oxygens (including phenoxy) is 3. The lowest BCUT2D eigenvalue weighted by molar-refractivity contribution is -0.167. The fourth-order valence-corrected chi connectivity index (χ4v) is 8.39. The molecule has 0 aromatic rings. The predicted molar refractivity (Wildman–Crippen MR) is 261 cm³/mol. The minimum absolute atomic E-state index is 0.0622. The molecule has 6 nitrogen and oxygen atoms in total. The van der Waals surface area contributed by atoms with Crippen LogP contribution in [0.4, 0.5) is 0 Å². The van der Waals surface area contributed by atoms with E-state index in [1.54, 1.807) is 0 Å². The smallest absolute Gasteiger partial charge is 0.306 e. The predicted octanol–water partition coefficient (Wildman–Crippen LogP) is 17.8. The number of esters is 3. The lowest BCUT2D eigenvalue weighted by Crippen LogP contribution is -2.30. The second-order valence-electron chi connectivity index (χ2n) is 19.3. The van der Waals surface area contributed by atoms with Crippen LogP contribution in [0.15, 0.2) is 0 Å². The van der Waals surface area contributed by atoms with E-state index in [4.69, 9.17) is 14.2 Å². The van der Waals surface area contributed by atoms with Gasteiger partial charge in [0.05, 0.1) is 0 Å². The van der Waals surface area contributed by atoms with Gasteiger partial charge in [-0.25, -0.2) is 0 Å². The first-order chi connectivity index (χ1) is 29.9. The lowest BCUT2D eigenvalue weighted by atomic mass is 10.0. The van der Waals surface area contributed by atoms with Crippen molar-refractivity contribution in [1.29, 1.82) is 0 Å². The molecule has 0 spiro atoms. The SMILES string of the molecule is CCCCCCCCCCCCCCCCC(=O)O[C@H](COC(=O)CCCCCCCCCCCCCCC)COC(=O)CCCCCCCCCCCCCCCC(C)C. The first-order valence-electron chi connectivity index (χ1n) is 27.4. The van der Waals surface area contributed by atoms with Gasteiger partial charge in [0.15, 0.2) is 6.10 Å². The molecule has 1 atom stereocenters. The van der Waals surface area contributed by atoms with Crippen LogP contribution in [0.3, 0.4) is 0 Å². The summed E-state index contributed by atoms with van der Waals surface area (Å²) in [7, 11) is 0. The standard InChI is InChI=1S/C55H106O6/c1-5-7-9-11-13-15-17-19-23-28-32-36-40-44-48-55(58)61-52(49-59-53(56)46-42-38-34-30-26-21-18-16-14-12-10-8-6-2)50-60-54(57)47-43-39-35-31-27-24-20-22-25-29-33-37-41-45-51(3)4/h51-52H,5-50H2,1-4H3/t52-/m1/s1. The van der Waals surface area contributed by atoms with Crippen molar-refractivity contribution in [3.05, 3.63) is 0 Å². The Hall–Kier alpha value is -1.59. The average Bonchev–Trinajstić information content (AvgIpc) is 3.24. The van der Waals surface area contributed by atoms with Gasteiger partial charge in [0, 0.05) is 19.3 Å². The molecule has 0 saturated carbocycles. The fraction of sp³-hybridized carbons (Fsp3) is 0.945. The van der Waals surface area contributed by atoms with Crippen LogP contribution >= 0.6 is 0 Å². The summed E-state index contributed by atoms with van der Waals surface area (Å²) in [6.07, 6.45) is 52.2. The van der Waals surface area contributed by atoms with Crippen molar-refractivity contribution in [3.63, 3.8) is 0 Å². The van der Waals surface area contributed by atoms with Crippen molar-refractivity contribution >= 4 is 17.9 Å². The molecule has 0 amide bonds. The molecule has 0 heterocycles. The summed E-state index contributed by atoms with van der Waals surface area (Å²) < 4.78 is 16.8.